The fourth-order valence-corrected chi connectivity index (χ4v) is 1.77. The van der Waals surface area contributed by atoms with Crippen molar-refractivity contribution in [3.05, 3.63) is 40.2 Å². The fraction of sp³-hybridized carbons (Fsp3) is 0.333. The van der Waals surface area contributed by atoms with Crippen molar-refractivity contribution >= 4 is 15.9 Å². The molecular formula is C12H13BrFN3O2. The van der Waals surface area contributed by atoms with Crippen molar-refractivity contribution in [1.82, 2.24) is 10.1 Å². The highest BCUT2D eigenvalue weighted by atomic mass is 79.9. The highest BCUT2D eigenvalue weighted by Gasteiger charge is 2.21. The third-order valence-electron chi connectivity index (χ3n) is 2.29. The van der Waals surface area contributed by atoms with Crippen LogP contribution in [0.4, 0.5) is 4.39 Å². The summed E-state index contributed by atoms with van der Waals surface area (Å²) >= 11 is 3.21. The van der Waals surface area contributed by atoms with Crippen molar-refractivity contribution in [3.8, 4) is 5.75 Å². The first-order valence-corrected chi connectivity index (χ1v) is 6.35. The second-order valence-corrected chi connectivity index (χ2v) is 5.45. The maximum atomic E-state index is 12.9. The molecule has 1 heterocycles. The molecule has 19 heavy (non-hydrogen) atoms. The van der Waals surface area contributed by atoms with Crippen LogP contribution in [-0.4, -0.2) is 10.1 Å². The molecule has 5 nitrogen and oxygen atoms in total. The molecule has 0 saturated carbocycles. The number of halogens is 2. The van der Waals surface area contributed by atoms with Gasteiger partial charge in [-0.05, 0) is 48.0 Å². The molecule has 2 N–H and O–H groups in total. The molecule has 0 saturated heterocycles. The summed E-state index contributed by atoms with van der Waals surface area (Å²) in [6.45, 7) is 3.64. The monoisotopic (exact) mass is 329 g/mol. The van der Waals surface area contributed by atoms with Crippen LogP contribution in [0.3, 0.4) is 0 Å². The Hall–Kier alpha value is -1.47. The predicted octanol–water partition coefficient (Wildman–Crippen LogP) is 2.74. The Morgan fingerprint density at radius 3 is 2.79 bits per heavy atom. The SMILES string of the molecule is CC(C)(N)c1noc(COc2ccc(F)cc2Br)n1. The predicted molar refractivity (Wildman–Crippen MR) is 69.9 cm³/mol. The molecule has 102 valence electrons. The molecule has 1 aromatic carbocycles. The fourth-order valence-electron chi connectivity index (χ4n) is 1.31. The molecule has 7 heteroatoms. The van der Waals surface area contributed by atoms with Gasteiger partial charge < -0.3 is 15.0 Å². The van der Waals surface area contributed by atoms with Crippen LogP contribution in [-0.2, 0) is 12.1 Å². The topological polar surface area (TPSA) is 74.2 Å². The van der Waals surface area contributed by atoms with E-state index in [0.29, 0.717) is 21.9 Å². The molecule has 0 fully saturated rings. The third-order valence-corrected chi connectivity index (χ3v) is 2.91. The first-order chi connectivity index (χ1) is 8.86. The largest absolute Gasteiger partial charge is 0.483 e. The number of rotatable bonds is 4. The minimum atomic E-state index is -0.668. The van der Waals surface area contributed by atoms with E-state index in [-0.39, 0.29) is 12.4 Å². The minimum Gasteiger partial charge on any atom is -0.483 e. The van der Waals surface area contributed by atoms with Gasteiger partial charge >= 0.3 is 0 Å². The molecule has 0 amide bonds. The van der Waals surface area contributed by atoms with Crippen LogP contribution in [0, 0.1) is 5.82 Å². The Labute approximate surface area is 118 Å². The molecule has 0 unspecified atom stereocenters. The van der Waals surface area contributed by atoms with E-state index < -0.39 is 5.54 Å². The smallest absolute Gasteiger partial charge is 0.264 e. The van der Waals surface area contributed by atoms with E-state index in [9.17, 15) is 4.39 Å². The number of hydrogen-bond acceptors (Lipinski definition) is 5. The molecule has 0 atom stereocenters. The van der Waals surface area contributed by atoms with Crippen LogP contribution in [0.2, 0.25) is 0 Å². The van der Waals surface area contributed by atoms with Crippen LogP contribution < -0.4 is 10.5 Å². The summed E-state index contributed by atoms with van der Waals surface area (Å²) in [5.74, 6) is 0.867. The molecule has 0 radical (unpaired) electrons. The molecule has 0 bridgehead atoms. The lowest BCUT2D eigenvalue weighted by molar-refractivity contribution is 0.240. The van der Waals surface area contributed by atoms with Gasteiger partial charge in [0.25, 0.3) is 5.89 Å². The minimum absolute atomic E-state index is 0.0906. The van der Waals surface area contributed by atoms with Crippen molar-refractivity contribution in [2.24, 2.45) is 5.73 Å². The Morgan fingerprint density at radius 1 is 1.47 bits per heavy atom. The van der Waals surface area contributed by atoms with Crippen LogP contribution in [0.15, 0.2) is 27.2 Å². The summed E-state index contributed by atoms with van der Waals surface area (Å²) in [7, 11) is 0. The van der Waals surface area contributed by atoms with Gasteiger partial charge in [-0.25, -0.2) is 4.39 Å². The maximum absolute atomic E-state index is 12.9. The number of aromatic nitrogens is 2. The van der Waals surface area contributed by atoms with Gasteiger partial charge in [0.1, 0.15) is 11.6 Å². The molecule has 0 aliphatic rings. The molecule has 1 aromatic heterocycles. The zero-order valence-electron chi connectivity index (χ0n) is 10.5. The Kier molecular flexibility index (Phi) is 3.86. The van der Waals surface area contributed by atoms with Crippen molar-refractivity contribution < 1.29 is 13.7 Å². The summed E-state index contributed by atoms with van der Waals surface area (Å²) in [4.78, 5) is 4.13. The molecule has 2 rings (SSSR count). The van der Waals surface area contributed by atoms with Crippen LogP contribution in [0.5, 0.6) is 5.75 Å². The Bertz CT molecular complexity index is 581. The zero-order valence-corrected chi connectivity index (χ0v) is 12.1. The second kappa shape index (κ2) is 5.26. The summed E-state index contributed by atoms with van der Waals surface area (Å²) in [5, 5.41) is 3.77. The van der Waals surface area contributed by atoms with E-state index in [1.807, 2.05) is 0 Å². The molecule has 0 spiro atoms. The number of hydrogen-bond donors (Lipinski definition) is 1. The molecule has 0 aliphatic carbocycles. The van der Waals surface area contributed by atoms with E-state index in [0.717, 1.165) is 0 Å². The summed E-state index contributed by atoms with van der Waals surface area (Å²) in [6.07, 6.45) is 0. The number of nitrogens with zero attached hydrogens (tertiary/aromatic N) is 2. The van der Waals surface area contributed by atoms with Crippen LogP contribution in [0.25, 0.3) is 0 Å². The van der Waals surface area contributed by atoms with Gasteiger partial charge in [-0.1, -0.05) is 5.16 Å². The van der Waals surface area contributed by atoms with E-state index >= 15 is 0 Å². The molecule has 0 aliphatic heterocycles. The first-order valence-electron chi connectivity index (χ1n) is 5.56. The third kappa shape index (κ3) is 3.51. The highest BCUT2D eigenvalue weighted by molar-refractivity contribution is 9.10. The van der Waals surface area contributed by atoms with E-state index in [2.05, 4.69) is 26.1 Å². The first kappa shape index (κ1) is 14.0. The Morgan fingerprint density at radius 2 is 2.21 bits per heavy atom. The van der Waals surface area contributed by atoms with E-state index in [1.165, 1.54) is 18.2 Å². The van der Waals surface area contributed by atoms with E-state index in [1.54, 1.807) is 13.8 Å². The van der Waals surface area contributed by atoms with Gasteiger partial charge in [0, 0.05) is 0 Å². The average molecular weight is 330 g/mol. The lowest BCUT2D eigenvalue weighted by Gasteiger charge is -2.11. The summed E-state index contributed by atoms with van der Waals surface area (Å²) in [6, 6.07) is 4.14. The lowest BCUT2D eigenvalue weighted by atomic mass is 10.1. The van der Waals surface area contributed by atoms with Crippen molar-refractivity contribution in [3.63, 3.8) is 0 Å². The standard InChI is InChI=1S/C12H13BrFN3O2/c1-12(2,15)11-16-10(19-17-11)6-18-9-4-3-7(14)5-8(9)13/h3-5H,6,15H2,1-2H3. The molecule has 2 aromatic rings. The van der Waals surface area contributed by atoms with Gasteiger partial charge in [-0.15, -0.1) is 0 Å². The van der Waals surface area contributed by atoms with Gasteiger partial charge in [0.05, 0.1) is 10.0 Å². The van der Waals surface area contributed by atoms with Crippen molar-refractivity contribution in [2.45, 2.75) is 26.0 Å². The second-order valence-electron chi connectivity index (χ2n) is 4.60. The van der Waals surface area contributed by atoms with Gasteiger partial charge in [-0.3, -0.25) is 0 Å². The van der Waals surface area contributed by atoms with Gasteiger partial charge in [-0.2, -0.15) is 4.98 Å². The van der Waals surface area contributed by atoms with Crippen LogP contribution >= 0.6 is 15.9 Å². The number of nitrogens with two attached hydrogens (primary N) is 1. The summed E-state index contributed by atoms with van der Waals surface area (Å²) < 4.78 is 23.9. The Balaban J connectivity index is 2.04. The van der Waals surface area contributed by atoms with E-state index in [4.69, 9.17) is 15.0 Å². The summed E-state index contributed by atoms with van der Waals surface area (Å²) in [5.41, 5.74) is 5.17. The van der Waals surface area contributed by atoms with Crippen molar-refractivity contribution in [1.29, 1.82) is 0 Å². The number of ether oxygens (including phenoxy) is 1. The average Bonchev–Trinajstić information content (AvgIpc) is 2.76. The maximum Gasteiger partial charge on any atom is 0.264 e. The van der Waals surface area contributed by atoms with Crippen molar-refractivity contribution in [2.75, 3.05) is 0 Å². The van der Waals surface area contributed by atoms with Crippen LogP contribution in [0.1, 0.15) is 25.6 Å². The number of benzene rings is 1. The lowest BCUT2D eigenvalue weighted by Crippen LogP contribution is -2.30. The van der Waals surface area contributed by atoms with Gasteiger partial charge in [0.15, 0.2) is 12.4 Å². The zero-order chi connectivity index (χ0) is 14.0. The quantitative estimate of drug-likeness (QED) is 0.933. The molecular weight excluding hydrogens is 317 g/mol. The highest BCUT2D eigenvalue weighted by Crippen LogP contribution is 2.26. The normalized spacial score (nSPS) is 11.6. The van der Waals surface area contributed by atoms with Gasteiger partial charge in [0.2, 0.25) is 0 Å².